The van der Waals surface area contributed by atoms with Crippen molar-refractivity contribution >= 4 is 23.9 Å². The van der Waals surface area contributed by atoms with Gasteiger partial charge in [0.1, 0.15) is 11.6 Å². The van der Waals surface area contributed by atoms with Gasteiger partial charge in [0, 0.05) is 5.56 Å². The van der Waals surface area contributed by atoms with Gasteiger partial charge in [-0.1, -0.05) is 19.4 Å². The average Bonchev–Trinajstić information content (AvgIpc) is 3.25. The van der Waals surface area contributed by atoms with Gasteiger partial charge in [0.05, 0.1) is 19.3 Å². The molecule has 1 aliphatic heterocycles. The highest BCUT2D eigenvalue weighted by Crippen LogP contribution is 2.30. The number of cyclic esters (lactones) is 1. The van der Waals surface area contributed by atoms with Crippen molar-refractivity contribution in [2.75, 3.05) is 13.7 Å². The molecule has 0 bridgehead atoms. The zero-order valence-corrected chi connectivity index (χ0v) is 19.8. The molecule has 3 aromatic carbocycles. The van der Waals surface area contributed by atoms with E-state index >= 15 is 0 Å². The molecule has 3 aromatic rings. The fraction of sp³-hybridized carbons (Fsp3) is 0.179. The fourth-order valence-corrected chi connectivity index (χ4v) is 3.32. The highest BCUT2D eigenvalue weighted by Gasteiger charge is 2.24. The Morgan fingerprint density at radius 3 is 2.47 bits per heavy atom. The number of hydrogen-bond acceptors (Lipinski definition) is 7. The molecule has 0 saturated heterocycles. The molecule has 0 amide bonds. The normalized spacial score (nSPS) is 13.8. The van der Waals surface area contributed by atoms with Gasteiger partial charge in [0.2, 0.25) is 5.90 Å². The summed E-state index contributed by atoms with van der Waals surface area (Å²) in [7, 11) is 1.43. The van der Waals surface area contributed by atoms with Gasteiger partial charge in [0.15, 0.2) is 17.2 Å². The molecule has 0 aromatic heterocycles. The van der Waals surface area contributed by atoms with Gasteiger partial charge in [0.25, 0.3) is 0 Å². The van der Waals surface area contributed by atoms with E-state index in [2.05, 4.69) is 11.9 Å². The Morgan fingerprint density at radius 2 is 1.78 bits per heavy atom. The topological polar surface area (TPSA) is 83.4 Å². The van der Waals surface area contributed by atoms with Crippen LogP contribution in [-0.4, -0.2) is 31.6 Å². The van der Waals surface area contributed by atoms with Crippen LogP contribution in [0.15, 0.2) is 77.4 Å². The lowest BCUT2D eigenvalue weighted by Gasteiger charge is -2.10. The van der Waals surface area contributed by atoms with E-state index < -0.39 is 17.8 Å². The summed E-state index contributed by atoms with van der Waals surface area (Å²) in [5.74, 6) is -0.314. The summed E-state index contributed by atoms with van der Waals surface area (Å²) in [6.45, 7) is 2.74. The lowest BCUT2D eigenvalue weighted by atomic mass is 10.1. The molecule has 36 heavy (non-hydrogen) atoms. The number of rotatable bonds is 9. The predicted molar refractivity (Wildman–Crippen MR) is 132 cm³/mol. The fourth-order valence-electron chi connectivity index (χ4n) is 3.32. The van der Waals surface area contributed by atoms with Gasteiger partial charge >= 0.3 is 11.9 Å². The molecule has 0 unspecified atom stereocenters. The highest BCUT2D eigenvalue weighted by molar-refractivity contribution is 6.12. The third-order valence-electron chi connectivity index (χ3n) is 5.26. The van der Waals surface area contributed by atoms with Gasteiger partial charge in [-0.2, -0.15) is 0 Å². The number of esters is 2. The van der Waals surface area contributed by atoms with Crippen LogP contribution in [0.25, 0.3) is 6.08 Å². The van der Waals surface area contributed by atoms with Crippen LogP contribution in [0.3, 0.4) is 0 Å². The molecule has 7 nitrogen and oxygen atoms in total. The van der Waals surface area contributed by atoms with Crippen molar-refractivity contribution in [3.63, 3.8) is 0 Å². The Balaban J connectivity index is 1.49. The van der Waals surface area contributed by atoms with Crippen LogP contribution in [0, 0.1) is 5.82 Å². The number of aliphatic imine (C=N–C) groups is 1. The molecule has 0 spiro atoms. The molecule has 0 N–H and O–H groups in total. The van der Waals surface area contributed by atoms with Gasteiger partial charge in [-0.15, -0.1) is 0 Å². The minimum atomic E-state index is -0.658. The first kappa shape index (κ1) is 24.7. The molecule has 0 aliphatic carbocycles. The summed E-state index contributed by atoms with van der Waals surface area (Å²) >= 11 is 0. The third-order valence-corrected chi connectivity index (χ3v) is 5.26. The second-order valence-corrected chi connectivity index (χ2v) is 7.87. The Hall–Kier alpha value is -4.46. The maximum Gasteiger partial charge on any atom is 0.363 e. The molecule has 0 atom stereocenters. The number of nitrogens with zero attached hydrogens (tertiary/aromatic N) is 1. The standard InChI is InChI=1S/C28H24FNO6/c1-3-4-15-34-22-12-8-19(9-13-22)26-30-23(28(32)36-26)16-18-5-14-24(25(17-18)33-2)35-27(31)20-6-10-21(29)11-7-20/h5-14,16-17H,3-4,15H2,1-2H3/b23-16-. The smallest absolute Gasteiger partial charge is 0.363 e. The second kappa shape index (κ2) is 11.3. The highest BCUT2D eigenvalue weighted by atomic mass is 19.1. The minimum Gasteiger partial charge on any atom is -0.494 e. The van der Waals surface area contributed by atoms with E-state index in [1.54, 1.807) is 42.5 Å². The van der Waals surface area contributed by atoms with Crippen molar-refractivity contribution in [2.24, 2.45) is 4.99 Å². The van der Waals surface area contributed by atoms with Crippen LogP contribution in [-0.2, 0) is 9.53 Å². The summed E-state index contributed by atoms with van der Waals surface area (Å²) < 4.78 is 34.8. The van der Waals surface area contributed by atoms with E-state index in [-0.39, 0.29) is 28.7 Å². The minimum absolute atomic E-state index is 0.117. The van der Waals surface area contributed by atoms with Gasteiger partial charge < -0.3 is 18.9 Å². The van der Waals surface area contributed by atoms with E-state index in [0.29, 0.717) is 17.7 Å². The zero-order valence-electron chi connectivity index (χ0n) is 19.8. The van der Waals surface area contributed by atoms with Gasteiger partial charge in [-0.25, -0.2) is 19.0 Å². The second-order valence-electron chi connectivity index (χ2n) is 7.87. The number of benzene rings is 3. The van der Waals surface area contributed by atoms with E-state index in [1.807, 2.05) is 0 Å². The van der Waals surface area contributed by atoms with E-state index in [0.717, 1.165) is 18.6 Å². The maximum absolute atomic E-state index is 13.1. The molecule has 4 rings (SSSR count). The summed E-state index contributed by atoms with van der Waals surface area (Å²) in [4.78, 5) is 29.1. The van der Waals surface area contributed by atoms with E-state index in [4.69, 9.17) is 18.9 Å². The average molecular weight is 489 g/mol. The molecule has 0 fully saturated rings. The quantitative estimate of drug-likeness (QED) is 0.169. The summed E-state index contributed by atoms with van der Waals surface area (Å²) in [5, 5.41) is 0. The van der Waals surface area contributed by atoms with Crippen molar-refractivity contribution in [2.45, 2.75) is 19.8 Å². The van der Waals surface area contributed by atoms with Crippen LogP contribution in [0.1, 0.15) is 41.3 Å². The monoisotopic (exact) mass is 489 g/mol. The maximum atomic E-state index is 13.1. The number of methoxy groups -OCH3 is 1. The van der Waals surface area contributed by atoms with Crippen molar-refractivity contribution in [1.29, 1.82) is 0 Å². The first-order valence-electron chi connectivity index (χ1n) is 11.4. The summed E-state index contributed by atoms with van der Waals surface area (Å²) in [5.41, 5.74) is 1.55. The first-order chi connectivity index (χ1) is 17.5. The lowest BCUT2D eigenvalue weighted by molar-refractivity contribution is -0.129. The van der Waals surface area contributed by atoms with E-state index in [9.17, 15) is 14.0 Å². The molecule has 1 heterocycles. The van der Waals surface area contributed by atoms with Crippen molar-refractivity contribution < 1.29 is 32.9 Å². The Labute approximate surface area is 207 Å². The predicted octanol–water partition coefficient (Wildman–Crippen LogP) is 5.58. The van der Waals surface area contributed by atoms with Crippen LogP contribution in [0.4, 0.5) is 4.39 Å². The molecular formula is C28H24FNO6. The van der Waals surface area contributed by atoms with Crippen LogP contribution >= 0.6 is 0 Å². The summed E-state index contributed by atoms with van der Waals surface area (Å²) in [6, 6.07) is 17.0. The molecule has 184 valence electrons. The number of halogens is 1. The van der Waals surface area contributed by atoms with Crippen molar-refractivity contribution in [1.82, 2.24) is 0 Å². The number of hydrogen-bond donors (Lipinski definition) is 0. The molecular weight excluding hydrogens is 465 g/mol. The van der Waals surface area contributed by atoms with E-state index in [1.165, 1.54) is 37.4 Å². The Morgan fingerprint density at radius 1 is 1.03 bits per heavy atom. The van der Waals surface area contributed by atoms with Crippen LogP contribution < -0.4 is 14.2 Å². The number of ether oxygens (including phenoxy) is 4. The van der Waals surface area contributed by atoms with Gasteiger partial charge in [-0.05, 0) is 78.7 Å². The SMILES string of the molecule is CCCCOc1ccc(C2=N/C(=C\c3ccc(OC(=O)c4ccc(F)cc4)c(OC)c3)C(=O)O2)cc1. The zero-order chi connectivity index (χ0) is 25.5. The lowest BCUT2D eigenvalue weighted by Crippen LogP contribution is -2.09. The molecule has 0 saturated carbocycles. The largest absolute Gasteiger partial charge is 0.494 e. The first-order valence-corrected chi connectivity index (χ1v) is 11.4. The number of carbonyl (C=O) groups is 2. The third kappa shape index (κ3) is 5.96. The molecule has 8 heteroatoms. The van der Waals surface area contributed by atoms with Crippen molar-refractivity contribution in [3.8, 4) is 17.2 Å². The Bertz CT molecular complexity index is 1310. The Kier molecular flexibility index (Phi) is 7.75. The molecule has 0 radical (unpaired) electrons. The van der Waals surface area contributed by atoms with Crippen LogP contribution in [0.2, 0.25) is 0 Å². The number of carbonyl (C=O) groups excluding carboxylic acids is 2. The van der Waals surface area contributed by atoms with Crippen LogP contribution in [0.5, 0.6) is 17.2 Å². The van der Waals surface area contributed by atoms with Crippen molar-refractivity contribution in [3.05, 3.63) is 94.9 Å². The van der Waals surface area contributed by atoms with Gasteiger partial charge in [-0.3, -0.25) is 0 Å². The summed E-state index contributed by atoms with van der Waals surface area (Å²) in [6.07, 6.45) is 3.57. The number of unbranched alkanes of at least 4 members (excludes halogenated alkanes) is 1. The molecule has 1 aliphatic rings.